The molecule has 3 aromatic rings. The standard InChI is InChI=1S/C21H16ClFN2O2/c22-16-12-10-15(11-13-16)21(27)25-20(19(26)14-6-2-1-3-7-14)24-18-9-5-4-8-17(18)23/h1-13,20,24H,(H,25,27). The Balaban J connectivity index is 1.87. The number of Topliss-reactive ketones (excluding diaryl/α,β-unsaturated/α-hetero) is 1. The average Bonchev–Trinajstić information content (AvgIpc) is 2.69. The van der Waals surface area contributed by atoms with Gasteiger partial charge in [0.25, 0.3) is 5.91 Å². The highest BCUT2D eigenvalue weighted by atomic mass is 35.5. The number of halogens is 2. The van der Waals surface area contributed by atoms with Crippen molar-refractivity contribution < 1.29 is 14.0 Å². The van der Waals surface area contributed by atoms with E-state index in [1.165, 1.54) is 12.1 Å². The van der Waals surface area contributed by atoms with Crippen molar-refractivity contribution in [3.05, 3.63) is 101 Å². The van der Waals surface area contributed by atoms with Crippen LogP contribution < -0.4 is 10.6 Å². The van der Waals surface area contributed by atoms with Gasteiger partial charge in [-0.3, -0.25) is 9.59 Å². The number of benzene rings is 3. The van der Waals surface area contributed by atoms with E-state index in [0.29, 0.717) is 16.1 Å². The first-order valence-electron chi connectivity index (χ1n) is 8.21. The number of carbonyl (C=O) groups excluding carboxylic acids is 2. The third-order valence-electron chi connectivity index (χ3n) is 3.88. The van der Waals surface area contributed by atoms with Gasteiger partial charge in [-0.15, -0.1) is 0 Å². The molecule has 0 aromatic heterocycles. The Kier molecular flexibility index (Phi) is 5.84. The Morgan fingerprint density at radius 2 is 1.44 bits per heavy atom. The fourth-order valence-electron chi connectivity index (χ4n) is 2.49. The molecule has 4 nitrogen and oxygen atoms in total. The number of hydrogen-bond acceptors (Lipinski definition) is 3. The largest absolute Gasteiger partial charge is 0.356 e. The molecule has 136 valence electrons. The van der Waals surface area contributed by atoms with Crippen LogP contribution in [0, 0.1) is 5.82 Å². The molecule has 1 unspecified atom stereocenters. The Bertz CT molecular complexity index is 946. The summed E-state index contributed by atoms with van der Waals surface area (Å²) >= 11 is 5.84. The van der Waals surface area contributed by atoms with E-state index in [0.717, 1.165) is 0 Å². The molecule has 0 aliphatic rings. The number of amides is 1. The van der Waals surface area contributed by atoms with Crippen LogP contribution in [0.3, 0.4) is 0 Å². The molecule has 6 heteroatoms. The minimum atomic E-state index is -1.15. The van der Waals surface area contributed by atoms with Gasteiger partial charge in [-0.1, -0.05) is 54.1 Å². The predicted molar refractivity (Wildman–Crippen MR) is 104 cm³/mol. The highest BCUT2D eigenvalue weighted by molar-refractivity contribution is 6.30. The topological polar surface area (TPSA) is 58.2 Å². The maximum Gasteiger partial charge on any atom is 0.253 e. The average molecular weight is 383 g/mol. The molecule has 0 radical (unpaired) electrons. The Morgan fingerprint density at radius 1 is 0.815 bits per heavy atom. The molecule has 0 aliphatic carbocycles. The van der Waals surface area contributed by atoms with Crippen molar-refractivity contribution in [3.8, 4) is 0 Å². The number of nitrogens with one attached hydrogen (secondary N) is 2. The van der Waals surface area contributed by atoms with Gasteiger partial charge < -0.3 is 10.6 Å². The number of anilines is 1. The zero-order valence-corrected chi connectivity index (χ0v) is 14.9. The summed E-state index contributed by atoms with van der Waals surface area (Å²) in [7, 11) is 0. The SMILES string of the molecule is O=C(NC(Nc1ccccc1F)C(=O)c1ccccc1)c1ccc(Cl)cc1. The number of carbonyl (C=O) groups is 2. The first-order chi connectivity index (χ1) is 13.0. The van der Waals surface area contributed by atoms with Crippen LogP contribution in [0.1, 0.15) is 20.7 Å². The molecule has 1 amide bonds. The van der Waals surface area contributed by atoms with Crippen molar-refractivity contribution in [2.75, 3.05) is 5.32 Å². The van der Waals surface area contributed by atoms with Gasteiger partial charge in [-0.25, -0.2) is 4.39 Å². The van der Waals surface area contributed by atoms with E-state index < -0.39 is 17.9 Å². The lowest BCUT2D eigenvalue weighted by Crippen LogP contribution is -2.46. The molecule has 0 saturated heterocycles. The van der Waals surface area contributed by atoms with Crippen LogP contribution in [0.5, 0.6) is 0 Å². The van der Waals surface area contributed by atoms with Crippen LogP contribution in [0.25, 0.3) is 0 Å². The van der Waals surface area contributed by atoms with Crippen molar-refractivity contribution in [2.24, 2.45) is 0 Å². The summed E-state index contributed by atoms with van der Waals surface area (Å²) in [4.78, 5) is 25.4. The van der Waals surface area contributed by atoms with Gasteiger partial charge in [0.1, 0.15) is 5.82 Å². The molecule has 3 rings (SSSR count). The monoisotopic (exact) mass is 382 g/mol. The van der Waals surface area contributed by atoms with Gasteiger partial charge in [0.2, 0.25) is 5.78 Å². The van der Waals surface area contributed by atoms with E-state index in [2.05, 4.69) is 10.6 Å². The van der Waals surface area contributed by atoms with Crippen LogP contribution >= 0.6 is 11.6 Å². The quantitative estimate of drug-likeness (QED) is 0.486. The second kappa shape index (κ2) is 8.47. The summed E-state index contributed by atoms with van der Waals surface area (Å²) in [6, 6.07) is 20.7. The van der Waals surface area contributed by atoms with Crippen molar-refractivity contribution >= 4 is 29.0 Å². The molecule has 1 atom stereocenters. The lowest BCUT2D eigenvalue weighted by atomic mass is 10.1. The van der Waals surface area contributed by atoms with Gasteiger partial charge in [0.05, 0.1) is 5.69 Å². The minimum Gasteiger partial charge on any atom is -0.356 e. The normalized spacial score (nSPS) is 11.5. The van der Waals surface area contributed by atoms with Crippen molar-refractivity contribution in [1.29, 1.82) is 0 Å². The molecular weight excluding hydrogens is 367 g/mol. The van der Waals surface area contributed by atoms with Crippen LogP contribution in [-0.4, -0.2) is 17.9 Å². The Labute approximate surface area is 161 Å². The molecule has 0 heterocycles. The Hall–Kier alpha value is -3.18. The number of ketones is 1. The van der Waals surface area contributed by atoms with Gasteiger partial charge in [0.15, 0.2) is 6.17 Å². The minimum absolute atomic E-state index is 0.114. The smallest absolute Gasteiger partial charge is 0.253 e. The zero-order chi connectivity index (χ0) is 19.2. The summed E-state index contributed by atoms with van der Waals surface area (Å²) in [6.07, 6.45) is -1.15. The van der Waals surface area contributed by atoms with E-state index in [1.54, 1.807) is 66.7 Å². The molecule has 0 saturated carbocycles. The van der Waals surface area contributed by atoms with Crippen LogP contribution in [0.2, 0.25) is 5.02 Å². The lowest BCUT2D eigenvalue weighted by molar-refractivity contribution is 0.0869. The second-order valence-electron chi connectivity index (χ2n) is 5.77. The van der Waals surface area contributed by atoms with E-state index in [4.69, 9.17) is 11.6 Å². The third-order valence-corrected chi connectivity index (χ3v) is 4.13. The van der Waals surface area contributed by atoms with Crippen LogP contribution in [0.15, 0.2) is 78.9 Å². The summed E-state index contributed by atoms with van der Waals surface area (Å²) < 4.78 is 14.0. The van der Waals surface area contributed by atoms with E-state index in [-0.39, 0.29) is 11.5 Å². The second-order valence-corrected chi connectivity index (χ2v) is 6.20. The van der Waals surface area contributed by atoms with E-state index >= 15 is 0 Å². The highest BCUT2D eigenvalue weighted by Crippen LogP contribution is 2.16. The third kappa shape index (κ3) is 4.71. The Morgan fingerprint density at radius 3 is 2.11 bits per heavy atom. The predicted octanol–water partition coefficient (Wildman–Crippen LogP) is 4.53. The molecule has 0 aliphatic heterocycles. The van der Waals surface area contributed by atoms with Crippen molar-refractivity contribution in [2.45, 2.75) is 6.17 Å². The fourth-order valence-corrected chi connectivity index (χ4v) is 2.61. The van der Waals surface area contributed by atoms with Gasteiger partial charge in [-0.2, -0.15) is 0 Å². The van der Waals surface area contributed by atoms with Gasteiger partial charge in [0, 0.05) is 16.1 Å². The fraction of sp³-hybridized carbons (Fsp3) is 0.0476. The first-order valence-corrected chi connectivity index (χ1v) is 8.59. The van der Waals surface area contributed by atoms with E-state index in [1.807, 2.05) is 0 Å². The maximum atomic E-state index is 14.0. The molecule has 0 fully saturated rings. The molecule has 27 heavy (non-hydrogen) atoms. The van der Waals surface area contributed by atoms with Crippen LogP contribution in [0.4, 0.5) is 10.1 Å². The summed E-state index contributed by atoms with van der Waals surface area (Å²) in [5.74, 6) is -1.39. The molecule has 0 bridgehead atoms. The molecular formula is C21H16ClFN2O2. The molecule has 0 spiro atoms. The summed E-state index contributed by atoms with van der Waals surface area (Å²) in [6.45, 7) is 0. The highest BCUT2D eigenvalue weighted by Gasteiger charge is 2.23. The molecule has 3 aromatic carbocycles. The lowest BCUT2D eigenvalue weighted by Gasteiger charge is -2.21. The van der Waals surface area contributed by atoms with Gasteiger partial charge in [-0.05, 0) is 36.4 Å². The van der Waals surface area contributed by atoms with Gasteiger partial charge >= 0.3 is 0 Å². The van der Waals surface area contributed by atoms with Crippen molar-refractivity contribution in [3.63, 3.8) is 0 Å². The number of para-hydroxylation sites is 1. The van der Waals surface area contributed by atoms with Crippen molar-refractivity contribution in [1.82, 2.24) is 5.32 Å². The summed E-state index contributed by atoms with van der Waals surface area (Å²) in [5, 5.41) is 5.89. The first kappa shape index (κ1) is 18.6. The van der Waals surface area contributed by atoms with E-state index in [9.17, 15) is 14.0 Å². The zero-order valence-electron chi connectivity index (χ0n) is 14.2. The number of rotatable bonds is 6. The number of hydrogen-bond donors (Lipinski definition) is 2. The molecule has 2 N–H and O–H groups in total. The van der Waals surface area contributed by atoms with Crippen LogP contribution in [-0.2, 0) is 0 Å². The maximum absolute atomic E-state index is 14.0. The summed E-state index contributed by atoms with van der Waals surface area (Å²) in [5.41, 5.74) is 0.839.